The number of sulfonamides is 1. The predicted molar refractivity (Wildman–Crippen MR) is 102 cm³/mol. The molecule has 0 unspecified atom stereocenters. The maximum absolute atomic E-state index is 13.4. The minimum absolute atomic E-state index is 0.0475. The average Bonchev–Trinajstić information content (AvgIpc) is 2.68. The van der Waals surface area contributed by atoms with Crippen LogP contribution in [-0.4, -0.2) is 13.4 Å². The number of hydrogen-bond donors (Lipinski definition) is 1. The number of nitrogens with one attached hydrogen (secondary N) is 1. The molecule has 0 amide bonds. The first-order valence-electron chi connectivity index (χ1n) is 8.08. The van der Waals surface area contributed by atoms with Gasteiger partial charge in [0.25, 0.3) is 10.0 Å². The first kappa shape index (κ1) is 21.5. The summed E-state index contributed by atoms with van der Waals surface area (Å²) in [6.45, 7) is 0. The third-order valence-corrected chi connectivity index (χ3v) is 5.65. The number of benzene rings is 2. The summed E-state index contributed by atoms with van der Waals surface area (Å²) in [6, 6.07) is 11.0. The van der Waals surface area contributed by atoms with Gasteiger partial charge in [0.05, 0.1) is 26.9 Å². The quantitative estimate of drug-likeness (QED) is 0.546. The Balaban J connectivity index is 1.87. The van der Waals surface area contributed by atoms with Crippen LogP contribution < -0.4 is 4.72 Å². The molecule has 0 aliphatic rings. The molecule has 0 fully saturated rings. The first-order valence-corrected chi connectivity index (χ1v) is 9.94. The van der Waals surface area contributed by atoms with Gasteiger partial charge in [0.2, 0.25) is 0 Å². The number of rotatable bonds is 4. The van der Waals surface area contributed by atoms with Gasteiger partial charge < -0.3 is 0 Å². The van der Waals surface area contributed by atoms with E-state index in [1.54, 1.807) is 6.07 Å². The van der Waals surface area contributed by atoms with Gasteiger partial charge >= 0.3 is 6.18 Å². The molecule has 0 bridgehead atoms. The Labute approximate surface area is 173 Å². The number of nitriles is 1. The fourth-order valence-corrected chi connectivity index (χ4v) is 3.82. The van der Waals surface area contributed by atoms with Crippen LogP contribution in [0.3, 0.4) is 0 Å². The molecule has 0 aliphatic heterocycles. The van der Waals surface area contributed by atoms with Crippen LogP contribution in [0.1, 0.15) is 11.3 Å². The summed E-state index contributed by atoms with van der Waals surface area (Å²) >= 11 is 6.17. The molecule has 0 saturated carbocycles. The summed E-state index contributed by atoms with van der Waals surface area (Å²) in [5, 5.41) is 8.94. The highest BCUT2D eigenvalue weighted by Gasteiger charge is 2.30. The van der Waals surface area contributed by atoms with Gasteiger partial charge in [0.1, 0.15) is 6.07 Å². The van der Waals surface area contributed by atoms with Gasteiger partial charge in [-0.3, -0.25) is 4.72 Å². The molecule has 0 saturated heterocycles. The van der Waals surface area contributed by atoms with Crippen molar-refractivity contribution in [3.8, 4) is 17.3 Å². The number of halogens is 5. The molecule has 0 spiro atoms. The Bertz CT molecular complexity index is 1250. The number of hydrogen-bond acceptors (Lipinski definition) is 4. The Morgan fingerprint density at radius 1 is 1.03 bits per heavy atom. The Morgan fingerprint density at radius 3 is 2.27 bits per heavy atom. The van der Waals surface area contributed by atoms with Crippen LogP contribution >= 0.6 is 11.6 Å². The van der Waals surface area contributed by atoms with Crippen molar-refractivity contribution in [1.29, 1.82) is 5.26 Å². The number of pyridine rings is 1. The highest BCUT2D eigenvalue weighted by Crippen LogP contribution is 2.32. The van der Waals surface area contributed by atoms with E-state index in [0.717, 1.165) is 18.2 Å². The van der Waals surface area contributed by atoms with Crippen molar-refractivity contribution in [3.05, 3.63) is 76.7 Å². The van der Waals surface area contributed by atoms with Gasteiger partial charge in [-0.15, -0.1) is 0 Å². The fraction of sp³-hybridized carbons (Fsp3) is 0.0526. The summed E-state index contributed by atoms with van der Waals surface area (Å²) in [4.78, 5) is 3.48. The van der Waals surface area contributed by atoms with E-state index in [4.69, 9.17) is 16.9 Å². The van der Waals surface area contributed by atoms with E-state index < -0.39 is 33.3 Å². The van der Waals surface area contributed by atoms with Crippen molar-refractivity contribution >= 4 is 27.3 Å². The van der Waals surface area contributed by atoms with Crippen molar-refractivity contribution in [3.63, 3.8) is 0 Å². The van der Waals surface area contributed by atoms with Crippen LogP contribution in [0.5, 0.6) is 0 Å². The monoisotopic (exact) mass is 455 g/mol. The lowest BCUT2D eigenvalue weighted by atomic mass is 10.1. The standard InChI is InChI=1S/C19H10ClF4N3O2S/c20-15-9-12(3-6-14(15)17-8-7-16(21)18(10-25)26-17)27-30(28,29)13-4-1-11(2-5-13)19(22,23)24/h1-9,27H. The molecule has 0 radical (unpaired) electrons. The normalized spacial score (nSPS) is 11.7. The Kier molecular flexibility index (Phi) is 5.70. The lowest BCUT2D eigenvalue weighted by Gasteiger charge is -2.12. The van der Waals surface area contributed by atoms with Crippen molar-refractivity contribution < 1.29 is 26.0 Å². The minimum Gasteiger partial charge on any atom is -0.280 e. The molecule has 3 aromatic rings. The zero-order valence-electron chi connectivity index (χ0n) is 14.7. The molecule has 5 nitrogen and oxygen atoms in total. The molecule has 1 aromatic heterocycles. The third kappa shape index (κ3) is 4.53. The lowest BCUT2D eigenvalue weighted by molar-refractivity contribution is -0.137. The maximum atomic E-state index is 13.4. The van der Waals surface area contributed by atoms with E-state index in [1.807, 2.05) is 0 Å². The zero-order chi connectivity index (χ0) is 22.1. The minimum atomic E-state index is -4.58. The topological polar surface area (TPSA) is 82.8 Å². The van der Waals surface area contributed by atoms with Crippen LogP contribution in [0.15, 0.2) is 59.5 Å². The van der Waals surface area contributed by atoms with Crippen LogP contribution in [-0.2, 0) is 16.2 Å². The molecule has 2 aromatic carbocycles. The van der Waals surface area contributed by atoms with E-state index in [0.29, 0.717) is 17.7 Å². The maximum Gasteiger partial charge on any atom is 0.416 e. The van der Waals surface area contributed by atoms with Crippen LogP contribution in [0.4, 0.5) is 23.2 Å². The number of aromatic nitrogens is 1. The third-order valence-electron chi connectivity index (χ3n) is 3.94. The summed E-state index contributed by atoms with van der Waals surface area (Å²) in [6.07, 6.45) is -4.58. The molecular weight excluding hydrogens is 446 g/mol. The van der Waals surface area contributed by atoms with Gasteiger partial charge in [-0.25, -0.2) is 17.8 Å². The Hall–Kier alpha value is -3.16. The summed E-state index contributed by atoms with van der Waals surface area (Å²) in [5.74, 6) is -0.793. The van der Waals surface area contributed by atoms with Gasteiger partial charge in [-0.1, -0.05) is 11.6 Å². The van der Waals surface area contributed by atoms with Gasteiger partial charge in [-0.2, -0.15) is 18.4 Å². The van der Waals surface area contributed by atoms with E-state index in [9.17, 15) is 26.0 Å². The SMILES string of the molecule is N#Cc1nc(-c2ccc(NS(=O)(=O)c3ccc(C(F)(F)F)cc3)cc2Cl)ccc1F. The highest BCUT2D eigenvalue weighted by molar-refractivity contribution is 7.92. The summed E-state index contributed by atoms with van der Waals surface area (Å²) in [5.41, 5.74) is -0.819. The molecule has 0 atom stereocenters. The molecule has 154 valence electrons. The second-order valence-corrected chi connectivity index (χ2v) is 8.05. The van der Waals surface area contributed by atoms with Crippen molar-refractivity contribution in [2.75, 3.05) is 4.72 Å². The largest absolute Gasteiger partial charge is 0.416 e. The van der Waals surface area contributed by atoms with Gasteiger partial charge in [-0.05, 0) is 54.6 Å². The van der Waals surface area contributed by atoms with E-state index in [1.165, 1.54) is 24.3 Å². The zero-order valence-corrected chi connectivity index (χ0v) is 16.3. The van der Waals surface area contributed by atoms with E-state index in [2.05, 4.69) is 9.71 Å². The first-order chi connectivity index (χ1) is 14.0. The number of nitrogens with zero attached hydrogens (tertiary/aromatic N) is 2. The summed E-state index contributed by atoms with van der Waals surface area (Å²) < 4.78 is 78.4. The Morgan fingerprint density at radius 2 is 1.70 bits per heavy atom. The molecule has 11 heteroatoms. The lowest BCUT2D eigenvalue weighted by Crippen LogP contribution is -2.13. The second-order valence-electron chi connectivity index (χ2n) is 5.96. The van der Waals surface area contributed by atoms with Gasteiger partial charge in [0.15, 0.2) is 11.5 Å². The van der Waals surface area contributed by atoms with Crippen molar-refractivity contribution in [2.45, 2.75) is 11.1 Å². The molecule has 30 heavy (non-hydrogen) atoms. The highest BCUT2D eigenvalue weighted by atomic mass is 35.5. The van der Waals surface area contributed by atoms with Crippen LogP contribution in [0.2, 0.25) is 5.02 Å². The predicted octanol–water partition coefficient (Wildman–Crippen LogP) is 5.23. The molecule has 3 rings (SSSR count). The van der Waals surface area contributed by atoms with Gasteiger partial charge in [0, 0.05) is 5.56 Å². The van der Waals surface area contributed by atoms with Crippen molar-refractivity contribution in [2.24, 2.45) is 0 Å². The molecular formula is C19H10ClF4N3O2S. The van der Waals surface area contributed by atoms with E-state index in [-0.39, 0.29) is 21.3 Å². The van der Waals surface area contributed by atoms with Crippen LogP contribution in [0, 0.1) is 17.1 Å². The molecule has 0 aliphatic carbocycles. The average molecular weight is 456 g/mol. The molecule has 1 N–H and O–H groups in total. The second kappa shape index (κ2) is 7.93. The van der Waals surface area contributed by atoms with Crippen LogP contribution in [0.25, 0.3) is 11.3 Å². The number of alkyl halides is 3. The summed E-state index contributed by atoms with van der Waals surface area (Å²) in [7, 11) is -4.17. The molecule has 1 heterocycles. The number of anilines is 1. The van der Waals surface area contributed by atoms with Crippen molar-refractivity contribution in [1.82, 2.24) is 4.98 Å². The fourth-order valence-electron chi connectivity index (χ4n) is 2.49. The smallest absolute Gasteiger partial charge is 0.280 e. The van der Waals surface area contributed by atoms with E-state index >= 15 is 0 Å².